The van der Waals surface area contributed by atoms with E-state index in [1.165, 1.54) is 6.42 Å². The Morgan fingerprint density at radius 2 is 1.83 bits per heavy atom. The molecule has 0 radical (unpaired) electrons. The number of nitrogens with zero attached hydrogens (tertiary/aromatic N) is 2. The lowest BCUT2D eigenvalue weighted by Crippen LogP contribution is -2.44. The van der Waals surface area contributed by atoms with Gasteiger partial charge in [-0.2, -0.15) is 0 Å². The van der Waals surface area contributed by atoms with Crippen LogP contribution in [0.25, 0.3) is 0 Å². The Hall–Kier alpha value is -1.88. The molecule has 0 aliphatic carbocycles. The van der Waals surface area contributed by atoms with Gasteiger partial charge in [-0.25, -0.2) is 0 Å². The number of carbonyl (C=O) groups is 2. The molecule has 5 heteroatoms. The molecule has 1 aromatic carbocycles. The third kappa shape index (κ3) is 4.10. The molecule has 2 aliphatic rings. The van der Waals surface area contributed by atoms with E-state index in [-0.39, 0.29) is 17.9 Å². The molecular formula is C18H25N3O2. The van der Waals surface area contributed by atoms with Crippen molar-refractivity contribution in [3.8, 4) is 0 Å². The van der Waals surface area contributed by atoms with Gasteiger partial charge in [0, 0.05) is 38.6 Å². The first-order chi connectivity index (χ1) is 11.2. The normalized spacial score (nSPS) is 23.2. The Morgan fingerprint density at radius 3 is 2.57 bits per heavy atom. The van der Waals surface area contributed by atoms with E-state index in [0.29, 0.717) is 26.1 Å². The number of amides is 2. The van der Waals surface area contributed by atoms with Crippen LogP contribution in [0.4, 0.5) is 0 Å². The predicted molar refractivity (Wildman–Crippen MR) is 88.8 cm³/mol. The molecule has 2 fully saturated rings. The van der Waals surface area contributed by atoms with Crippen molar-refractivity contribution in [2.45, 2.75) is 31.7 Å². The minimum atomic E-state index is -0.0209. The Balaban J connectivity index is 1.73. The first-order valence-corrected chi connectivity index (χ1v) is 8.57. The van der Waals surface area contributed by atoms with E-state index in [1.807, 2.05) is 35.2 Å². The highest BCUT2D eigenvalue weighted by Crippen LogP contribution is 2.25. The quantitative estimate of drug-likeness (QED) is 0.921. The summed E-state index contributed by atoms with van der Waals surface area (Å²) in [6.45, 7) is 3.47. The largest absolute Gasteiger partial charge is 0.355 e. The molecule has 1 N–H and O–H groups in total. The molecule has 2 saturated heterocycles. The highest BCUT2D eigenvalue weighted by atomic mass is 16.2. The van der Waals surface area contributed by atoms with Crippen molar-refractivity contribution in [1.82, 2.24) is 15.1 Å². The van der Waals surface area contributed by atoms with Crippen LogP contribution in [-0.2, 0) is 9.59 Å². The third-order valence-corrected chi connectivity index (χ3v) is 4.77. The van der Waals surface area contributed by atoms with E-state index in [9.17, 15) is 9.59 Å². The average Bonchev–Trinajstić information content (AvgIpc) is 2.78. The lowest BCUT2D eigenvalue weighted by Gasteiger charge is -2.33. The lowest BCUT2D eigenvalue weighted by molar-refractivity contribution is -0.134. The minimum Gasteiger partial charge on any atom is -0.355 e. The Bertz CT molecular complexity index is 540. The van der Waals surface area contributed by atoms with Crippen molar-refractivity contribution < 1.29 is 9.59 Å². The fraction of sp³-hybridized carbons (Fsp3) is 0.556. The summed E-state index contributed by atoms with van der Waals surface area (Å²) in [5.74, 6) is 0.256. The van der Waals surface area contributed by atoms with Crippen LogP contribution in [-0.4, -0.2) is 54.3 Å². The van der Waals surface area contributed by atoms with Gasteiger partial charge in [-0.05, 0) is 24.8 Å². The maximum atomic E-state index is 12.6. The number of carbonyl (C=O) groups excluding carboxylic acids is 2. The van der Waals surface area contributed by atoms with Gasteiger partial charge in [-0.3, -0.25) is 14.5 Å². The molecule has 0 unspecified atom stereocenters. The van der Waals surface area contributed by atoms with Crippen LogP contribution >= 0.6 is 0 Å². The Kier molecular flexibility index (Phi) is 5.28. The molecule has 0 aromatic heterocycles. The van der Waals surface area contributed by atoms with E-state index < -0.39 is 0 Å². The molecule has 5 nitrogen and oxygen atoms in total. The summed E-state index contributed by atoms with van der Waals surface area (Å²) in [6.07, 6.45) is 3.84. The van der Waals surface area contributed by atoms with Gasteiger partial charge in [0.05, 0.1) is 6.54 Å². The van der Waals surface area contributed by atoms with Gasteiger partial charge in [0.25, 0.3) is 0 Å². The van der Waals surface area contributed by atoms with Gasteiger partial charge in [-0.15, -0.1) is 0 Å². The summed E-state index contributed by atoms with van der Waals surface area (Å²) in [6, 6.07) is 10.0. The highest BCUT2D eigenvalue weighted by Gasteiger charge is 2.29. The molecule has 2 aliphatic heterocycles. The second kappa shape index (κ2) is 7.59. The van der Waals surface area contributed by atoms with Gasteiger partial charge in [0.1, 0.15) is 0 Å². The van der Waals surface area contributed by atoms with Crippen molar-refractivity contribution in [3.63, 3.8) is 0 Å². The molecular weight excluding hydrogens is 290 g/mol. The SMILES string of the molecule is O=C1C[C@H](c2ccccc2)N(CC(=O)N2CCCCC2)CCN1. The number of piperidine rings is 1. The molecule has 0 spiro atoms. The maximum absolute atomic E-state index is 12.6. The molecule has 0 saturated carbocycles. The van der Waals surface area contributed by atoms with Crippen LogP contribution in [0.15, 0.2) is 30.3 Å². The second-order valence-corrected chi connectivity index (χ2v) is 6.39. The zero-order valence-electron chi connectivity index (χ0n) is 13.5. The Labute approximate surface area is 137 Å². The number of benzene rings is 1. The monoisotopic (exact) mass is 315 g/mol. The molecule has 23 heavy (non-hydrogen) atoms. The van der Waals surface area contributed by atoms with Crippen LogP contribution in [0.5, 0.6) is 0 Å². The van der Waals surface area contributed by atoms with E-state index >= 15 is 0 Å². The summed E-state index contributed by atoms with van der Waals surface area (Å²) in [5.41, 5.74) is 1.11. The fourth-order valence-electron chi connectivity index (χ4n) is 3.48. The number of likely N-dealkylation sites (tertiary alicyclic amines) is 1. The Morgan fingerprint density at radius 1 is 1.09 bits per heavy atom. The van der Waals surface area contributed by atoms with Crippen LogP contribution in [0.1, 0.15) is 37.3 Å². The van der Waals surface area contributed by atoms with Crippen molar-refractivity contribution in [1.29, 1.82) is 0 Å². The lowest BCUT2D eigenvalue weighted by atomic mass is 10.0. The molecule has 0 bridgehead atoms. The number of hydrogen-bond acceptors (Lipinski definition) is 3. The van der Waals surface area contributed by atoms with Gasteiger partial charge in [-0.1, -0.05) is 30.3 Å². The second-order valence-electron chi connectivity index (χ2n) is 6.39. The van der Waals surface area contributed by atoms with E-state index in [4.69, 9.17) is 0 Å². The van der Waals surface area contributed by atoms with E-state index in [1.54, 1.807) is 0 Å². The molecule has 1 atom stereocenters. The van der Waals surface area contributed by atoms with Crippen LogP contribution < -0.4 is 5.32 Å². The third-order valence-electron chi connectivity index (χ3n) is 4.77. The van der Waals surface area contributed by atoms with Gasteiger partial charge < -0.3 is 10.2 Å². The molecule has 2 amide bonds. The summed E-state index contributed by atoms with van der Waals surface area (Å²) < 4.78 is 0. The first-order valence-electron chi connectivity index (χ1n) is 8.57. The molecule has 3 rings (SSSR count). The summed E-state index contributed by atoms with van der Waals surface area (Å²) in [7, 11) is 0. The maximum Gasteiger partial charge on any atom is 0.236 e. The molecule has 2 heterocycles. The van der Waals surface area contributed by atoms with Gasteiger partial charge in [0.15, 0.2) is 0 Å². The van der Waals surface area contributed by atoms with Gasteiger partial charge in [0.2, 0.25) is 11.8 Å². The molecule has 1 aromatic rings. The highest BCUT2D eigenvalue weighted by molar-refractivity contribution is 5.79. The summed E-state index contributed by atoms with van der Waals surface area (Å²) in [5, 5.41) is 2.92. The van der Waals surface area contributed by atoms with E-state index in [2.05, 4.69) is 10.2 Å². The number of hydrogen-bond donors (Lipinski definition) is 1. The number of nitrogens with one attached hydrogen (secondary N) is 1. The molecule has 124 valence electrons. The van der Waals surface area contributed by atoms with Crippen LogP contribution in [0.2, 0.25) is 0 Å². The van der Waals surface area contributed by atoms with Crippen molar-refractivity contribution in [3.05, 3.63) is 35.9 Å². The fourth-order valence-corrected chi connectivity index (χ4v) is 3.48. The average molecular weight is 315 g/mol. The topological polar surface area (TPSA) is 52.7 Å². The summed E-state index contributed by atoms with van der Waals surface area (Å²) in [4.78, 5) is 28.7. The minimum absolute atomic E-state index is 0.0209. The van der Waals surface area contributed by atoms with E-state index in [0.717, 1.165) is 31.5 Å². The zero-order chi connectivity index (χ0) is 16.1. The van der Waals surface area contributed by atoms with Crippen LogP contribution in [0, 0.1) is 0 Å². The van der Waals surface area contributed by atoms with Crippen molar-refractivity contribution in [2.24, 2.45) is 0 Å². The van der Waals surface area contributed by atoms with Crippen LogP contribution in [0.3, 0.4) is 0 Å². The number of rotatable bonds is 3. The standard InChI is InChI=1S/C18H25N3O2/c22-17-13-16(15-7-3-1-4-8-15)21(12-9-19-17)14-18(23)20-10-5-2-6-11-20/h1,3-4,7-8,16H,2,5-6,9-14H2,(H,19,22)/t16-/m1/s1. The smallest absolute Gasteiger partial charge is 0.236 e. The van der Waals surface area contributed by atoms with Gasteiger partial charge >= 0.3 is 0 Å². The summed E-state index contributed by atoms with van der Waals surface area (Å²) >= 11 is 0. The van der Waals surface area contributed by atoms with Crippen molar-refractivity contribution in [2.75, 3.05) is 32.7 Å². The zero-order valence-corrected chi connectivity index (χ0v) is 13.5. The predicted octanol–water partition coefficient (Wildman–Crippen LogP) is 1.56. The van der Waals surface area contributed by atoms with Crippen molar-refractivity contribution >= 4 is 11.8 Å². The first kappa shape index (κ1) is 16.0.